The van der Waals surface area contributed by atoms with Crippen molar-refractivity contribution in [2.75, 3.05) is 26.3 Å². The quantitative estimate of drug-likeness (QED) is 0.920. The Balaban J connectivity index is 1.86. The van der Waals surface area contributed by atoms with E-state index in [0.717, 1.165) is 31.9 Å². The summed E-state index contributed by atoms with van der Waals surface area (Å²) in [7, 11) is 0. The van der Waals surface area contributed by atoms with Crippen LogP contribution in [0, 0.1) is 5.82 Å². The van der Waals surface area contributed by atoms with Crippen LogP contribution in [-0.2, 0) is 11.3 Å². The summed E-state index contributed by atoms with van der Waals surface area (Å²) in [6, 6.07) is 5.05. The highest BCUT2D eigenvalue weighted by Gasteiger charge is 2.09. The number of hydrogen-bond acceptors (Lipinski definition) is 3. The minimum absolute atomic E-state index is 0.227. The van der Waals surface area contributed by atoms with Crippen molar-refractivity contribution in [3.8, 4) is 0 Å². The molecule has 16 heavy (non-hydrogen) atoms. The number of hydrogen-bond donors (Lipinski definition) is 1. The van der Waals surface area contributed by atoms with Gasteiger partial charge in [0.2, 0.25) is 0 Å². The zero-order chi connectivity index (χ0) is 11.4. The Labute approximate surface area is 103 Å². The molecule has 1 aromatic rings. The van der Waals surface area contributed by atoms with Crippen LogP contribution in [0.1, 0.15) is 5.56 Å². The van der Waals surface area contributed by atoms with Gasteiger partial charge in [-0.25, -0.2) is 9.40 Å². The minimum atomic E-state index is -0.227. The fraction of sp³-hybridized carbons (Fsp3) is 0.455. The SMILES string of the molecule is Fc1ccc(CNN2CCOCC2)cc1Br. The van der Waals surface area contributed by atoms with Gasteiger partial charge in [0, 0.05) is 19.6 Å². The minimum Gasteiger partial charge on any atom is -0.379 e. The van der Waals surface area contributed by atoms with Crippen molar-refractivity contribution in [3.05, 3.63) is 34.1 Å². The highest BCUT2D eigenvalue weighted by atomic mass is 79.9. The van der Waals surface area contributed by atoms with E-state index >= 15 is 0 Å². The largest absolute Gasteiger partial charge is 0.379 e. The summed E-state index contributed by atoms with van der Waals surface area (Å²) in [5.74, 6) is -0.227. The van der Waals surface area contributed by atoms with E-state index in [1.807, 2.05) is 0 Å². The molecule has 1 aromatic carbocycles. The second-order valence-corrected chi connectivity index (χ2v) is 4.54. The molecule has 0 aliphatic carbocycles. The van der Waals surface area contributed by atoms with E-state index in [4.69, 9.17) is 4.74 Å². The third kappa shape index (κ3) is 3.25. The lowest BCUT2D eigenvalue weighted by atomic mass is 10.2. The lowest BCUT2D eigenvalue weighted by Crippen LogP contribution is -2.45. The Morgan fingerprint density at radius 2 is 2.12 bits per heavy atom. The van der Waals surface area contributed by atoms with Gasteiger partial charge < -0.3 is 4.74 Å². The van der Waals surface area contributed by atoms with Crippen LogP contribution >= 0.6 is 15.9 Å². The van der Waals surface area contributed by atoms with Gasteiger partial charge in [0.25, 0.3) is 0 Å². The lowest BCUT2D eigenvalue weighted by molar-refractivity contribution is 0.0105. The first-order valence-corrected chi connectivity index (χ1v) is 6.05. The molecule has 0 radical (unpaired) electrons. The Bertz CT molecular complexity index is 356. The number of benzene rings is 1. The van der Waals surface area contributed by atoms with Crippen molar-refractivity contribution < 1.29 is 9.13 Å². The second-order valence-electron chi connectivity index (χ2n) is 3.68. The molecule has 1 saturated heterocycles. The fourth-order valence-electron chi connectivity index (χ4n) is 1.57. The van der Waals surface area contributed by atoms with Crippen molar-refractivity contribution >= 4 is 15.9 Å². The predicted octanol–water partition coefficient (Wildman–Crippen LogP) is 1.93. The third-order valence-electron chi connectivity index (χ3n) is 2.50. The van der Waals surface area contributed by atoms with Crippen molar-refractivity contribution in [3.63, 3.8) is 0 Å². The highest BCUT2D eigenvalue weighted by molar-refractivity contribution is 9.10. The Kier molecular flexibility index (Phi) is 4.29. The third-order valence-corrected chi connectivity index (χ3v) is 3.11. The van der Waals surface area contributed by atoms with Crippen LogP contribution in [0.5, 0.6) is 0 Å². The van der Waals surface area contributed by atoms with E-state index in [-0.39, 0.29) is 5.82 Å². The van der Waals surface area contributed by atoms with Crippen LogP contribution in [0.2, 0.25) is 0 Å². The molecule has 1 aliphatic rings. The smallest absolute Gasteiger partial charge is 0.137 e. The Morgan fingerprint density at radius 1 is 1.38 bits per heavy atom. The molecule has 1 fully saturated rings. The van der Waals surface area contributed by atoms with Gasteiger partial charge in [-0.1, -0.05) is 6.07 Å². The molecular weight excluding hydrogens is 275 g/mol. The van der Waals surface area contributed by atoms with Gasteiger partial charge in [0.15, 0.2) is 0 Å². The first-order valence-electron chi connectivity index (χ1n) is 5.26. The van der Waals surface area contributed by atoms with Gasteiger partial charge in [0.05, 0.1) is 17.7 Å². The maximum Gasteiger partial charge on any atom is 0.137 e. The molecule has 3 nitrogen and oxygen atoms in total. The summed E-state index contributed by atoms with van der Waals surface area (Å²) in [6.07, 6.45) is 0. The van der Waals surface area contributed by atoms with Crippen LogP contribution in [0.25, 0.3) is 0 Å². The van der Waals surface area contributed by atoms with E-state index in [2.05, 4.69) is 26.4 Å². The molecule has 0 saturated carbocycles. The van der Waals surface area contributed by atoms with Crippen molar-refractivity contribution in [1.29, 1.82) is 0 Å². The Morgan fingerprint density at radius 3 is 2.81 bits per heavy atom. The normalized spacial score (nSPS) is 17.6. The maximum atomic E-state index is 13.0. The summed E-state index contributed by atoms with van der Waals surface area (Å²) < 4.78 is 18.8. The molecule has 88 valence electrons. The first kappa shape index (κ1) is 12.0. The average molecular weight is 289 g/mol. The molecule has 0 aromatic heterocycles. The summed E-state index contributed by atoms with van der Waals surface area (Å²) >= 11 is 3.18. The zero-order valence-electron chi connectivity index (χ0n) is 8.88. The number of ether oxygens (including phenoxy) is 1. The molecule has 2 rings (SSSR count). The molecule has 0 bridgehead atoms. The monoisotopic (exact) mass is 288 g/mol. The van der Waals surface area contributed by atoms with Crippen molar-refractivity contribution in [2.24, 2.45) is 0 Å². The Hall–Kier alpha value is -0.490. The lowest BCUT2D eigenvalue weighted by Gasteiger charge is -2.27. The number of hydrazine groups is 1. The van der Waals surface area contributed by atoms with Crippen molar-refractivity contribution in [1.82, 2.24) is 10.4 Å². The summed E-state index contributed by atoms with van der Waals surface area (Å²) in [6.45, 7) is 4.02. The molecule has 1 heterocycles. The molecule has 1 aliphatic heterocycles. The van der Waals surface area contributed by atoms with E-state index in [0.29, 0.717) is 11.0 Å². The standard InChI is InChI=1S/C11H14BrFN2O/c12-10-7-9(1-2-11(10)13)8-14-15-3-5-16-6-4-15/h1-2,7,14H,3-6,8H2. The van der Waals surface area contributed by atoms with E-state index in [1.165, 1.54) is 6.07 Å². The summed E-state index contributed by atoms with van der Waals surface area (Å²) in [5, 5.41) is 2.13. The van der Waals surface area contributed by atoms with Crippen LogP contribution in [0.3, 0.4) is 0 Å². The summed E-state index contributed by atoms with van der Waals surface area (Å²) in [5.41, 5.74) is 4.35. The second kappa shape index (κ2) is 5.72. The molecule has 5 heteroatoms. The molecule has 0 amide bonds. The number of nitrogens with zero attached hydrogens (tertiary/aromatic N) is 1. The van der Waals surface area contributed by atoms with E-state index < -0.39 is 0 Å². The van der Waals surface area contributed by atoms with Gasteiger partial charge in [0.1, 0.15) is 5.82 Å². The first-order chi connectivity index (χ1) is 7.75. The molecule has 1 N–H and O–H groups in total. The van der Waals surface area contributed by atoms with Gasteiger partial charge in [-0.3, -0.25) is 5.43 Å². The maximum absolute atomic E-state index is 13.0. The molecule has 0 atom stereocenters. The van der Waals surface area contributed by atoms with Crippen molar-refractivity contribution in [2.45, 2.75) is 6.54 Å². The van der Waals surface area contributed by atoms with Crippen LogP contribution in [0.4, 0.5) is 4.39 Å². The van der Waals surface area contributed by atoms with Crippen LogP contribution in [-0.4, -0.2) is 31.3 Å². The molecular formula is C11H14BrFN2O. The van der Waals surface area contributed by atoms with E-state index in [1.54, 1.807) is 12.1 Å². The predicted molar refractivity (Wildman–Crippen MR) is 63.3 cm³/mol. The summed E-state index contributed by atoms with van der Waals surface area (Å²) in [4.78, 5) is 0. The fourth-order valence-corrected chi connectivity index (χ4v) is 2.00. The van der Waals surface area contributed by atoms with E-state index in [9.17, 15) is 4.39 Å². The topological polar surface area (TPSA) is 24.5 Å². The molecule has 0 unspecified atom stereocenters. The number of nitrogens with one attached hydrogen (secondary N) is 1. The number of rotatable bonds is 3. The zero-order valence-corrected chi connectivity index (χ0v) is 10.5. The van der Waals surface area contributed by atoms with Gasteiger partial charge in [-0.15, -0.1) is 0 Å². The number of morpholine rings is 1. The molecule has 0 spiro atoms. The highest BCUT2D eigenvalue weighted by Crippen LogP contribution is 2.16. The van der Waals surface area contributed by atoms with Gasteiger partial charge in [-0.05, 0) is 33.6 Å². The van der Waals surface area contributed by atoms with Gasteiger partial charge in [-0.2, -0.15) is 0 Å². The average Bonchev–Trinajstić information content (AvgIpc) is 2.32. The number of halogens is 2. The van der Waals surface area contributed by atoms with Gasteiger partial charge >= 0.3 is 0 Å². The van der Waals surface area contributed by atoms with Crippen LogP contribution < -0.4 is 5.43 Å². The van der Waals surface area contributed by atoms with Crippen LogP contribution in [0.15, 0.2) is 22.7 Å².